The van der Waals surface area contributed by atoms with E-state index in [2.05, 4.69) is 15.8 Å². The molecule has 2 amide bonds. The number of hydrogen-bond acceptors (Lipinski definition) is 5. The van der Waals surface area contributed by atoms with E-state index in [-0.39, 0.29) is 24.7 Å². The fourth-order valence-corrected chi connectivity index (χ4v) is 3.05. The number of rotatable bonds is 10. The van der Waals surface area contributed by atoms with Crippen LogP contribution < -0.4 is 20.2 Å². The number of carbonyl (C=O) groups is 2. The molecule has 3 rings (SSSR count). The highest BCUT2D eigenvalue weighted by Crippen LogP contribution is 2.29. The molecule has 0 heterocycles. The summed E-state index contributed by atoms with van der Waals surface area (Å²) in [4.78, 5) is 23.9. The summed E-state index contributed by atoms with van der Waals surface area (Å²) >= 11 is 6.16. The quantitative estimate of drug-likeness (QED) is 0.332. The molecule has 3 aromatic rings. The average molecular weight is 466 g/mol. The van der Waals surface area contributed by atoms with Crippen LogP contribution in [0.1, 0.15) is 24.0 Å². The number of methoxy groups -OCH3 is 1. The van der Waals surface area contributed by atoms with E-state index in [1.165, 1.54) is 6.21 Å². The first-order valence-corrected chi connectivity index (χ1v) is 10.6. The SMILES string of the molecule is COc1cc(C=NNC(=O)CCC(=O)Nc2ccccc2)ccc1OCc1ccccc1Cl. The average Bonchev–Trinajstić information content (AvgIpc) is 2.83. The molecule has 7 nitrogen and oxygen atoms in total. The molecule has 0 aromatic heterocycles. The number of hydrogen-bond donors (Lipinski definition) is 2. The Balaban J connectivity index is 1.47. The lowest BCUT2D eigenvalue weighted by atomic mass is 10.2. The molecule has 33 heavy (non-hydrogen) atoms. The van der Waals surface area contributed by atoms with Crippen molar-refractivity contribution in [2.24, 2.45) is 5.10 Å². The molecule has 0 aliphatic carbocycles. The van der Waals surface area contributed by atoms with E-state index in [4.69, 9.17) is 21.1 Å². The van der Waals surface area contributed by atoms with Crippen LogP contribution in [0.5, 0.6) is 11.5 Å². The van der Waals surface area contributed by atoms with Crippen LogP contribution in [0.2, 0.25) is 5.02 Å². The van der Waals surface area contributed by atoms with Crippen molar-refractivity contribution in [3.05, 3.63) is 88.9 Å². The van der Waals surface area contributed by atoms with Crippen LogP contribution in [0.3, 0.4) is 0 Å². The first kappa shape index (κ1) is 23.8. The van der Waals surface area contributed by atoms with Crippen LogP contribution in [0, 0.1) is 0 Å². The molecule has 0 aliphatic heterocycles. The molecule has 0 saturated carbocycles. The molecule has 0 atom stereocenters. The standard InChI is InChI=1S/C25H24ClN3O4/c1-32-23-15-18(11-12-22(23)33-17-19-7-5-6-10-21(19)26)16-27-29-25(31)14-13-24(30)28-20-8-3-2-4-9-20/h2-12,15-16H,13-14,17H2,1H3,(H,28,30)(H,29,31). The highest BCUT2D eigenvalue weighted by atomic mass is 35.5. The molecular weight excluding hydrogens is 442 g/mol. The highest BCUT2D eigenvalue weighted by molar-refractivity contribution is 6.31. The zero-order chi connectivity index (χ0) is 23.5. The minimum atomic E-state index is -0.360. The molecule has 0 unspecified atom stereocenters. The van der Waals surface area contributed by atoms with E-state index in [0.29, 0.717) is 34.4 Å². The number of nitrogens with zero attached hydrogens (tertiary/aromatic N) is 1. The molecule has 0 fully saturated rings. The number of para-hydroxylation sites is 1. The Bertz CT molecular complexity index is 1120. The monoisotopic (exact) mass is 465 g/mol. The summed E-state index contributed by atoms with van der Waals surface area (Å²) in [5.74, 6) is 0.483. The summed E-state index contributed by atoms with van der Waals surface area (Å²) in [6.07, 6.45) is 1.57. The summed E-state index contributed by atoms with van der Waals surface area (Å²) in [5.41, 5.74) is 4.68. The Hall–Kier alpha value is -3.84. The number of hydrazone groups is 1. The molecule has 2 N–H and O–H groups in total. The molecular formula is C25H24ClN3O4. The maximum atomic E-state index is 12.0. The lowest BCUT2D eigenvalue weighted by Gasteiger charge is -2.12. The van der Waals surface area contributed by atoms with Crippen LogP contribution in [0.4, 0.5) is 5.69 Å². The molecule has 170 valence electrons. The molecule has 0 radical (unpaired) electrons. The first-order valence-electron chi connectivity index (χ1n) is 10.3. The van der Waals surface area contributed by atoms with Crippen molar-refractivity contribution in [2.45, 2.75) is 19.4 Å². The second-order valence-electron chi connectivity index (χ2n) is 7.00. The van der Waals surface area contributed by atoms with Gasteiger partial charge in [0.1, 0.15) is 6.61 Å². The minimum absolute atomic E-state index is 0.0220. The van der Waals surface area contributed by atoms with Gasteiger partial charge in [0.25, 0.3) is 0 Å². The van der Waals surface area contributed by atoms with Crippen LogP contribution in [-0.2, 0) is 16.2 Å². The van der Waals surface area contributed by atoms with Gasteiger partial charge in [0.15, 0.2) is 11.5 Å². The Kier molecular flexibility index (Phi) is 8.85. The third-order valence-electron chi connectivity index (χ3n) is 4.57. The number of nitrogens with one attached hydrogen (secondary N) is 2. The maximum Gasteiger partial charge on any atom is 0.240 e. The Morgan fingerprint density at radius 2 is 1.67 bits per heavy atom. The van der Waals surface area contributed by atoms with Gasteiger partial charge in [-0.3, -0.25) is 9.59 Å². The second-order valence-corrected chi connectivity index (χ2v) is 7.40. The topological polar surface area (TPSA) is 89.0 Å². The van der Waals surface area contributed by atoms with Crippen molar-refractivity contribution in [3.63, 3.8) is 0 Å². The highest BCUT2D eigenvalue weighted by Gasteiger charge is 2.08. The van der Waals surface area contributed by atoms with Gasteiger partial charge in [-0.2, -0.15) is 5.10 Å². The van der Waals surface area contributed by atoms with Gasteiger partial charge in [0.05, 0.1) is 13.3 Å². The Morgan fingerprint density at radius 1 is 0.939 bits per heavy atom. The summed E-state index contributed by atoms with van der Waals surface area (Å²) in [6.45, 7) is 0.303. The summed E-state index contributed by atoms with van der Waals surface area (Å²) in [5, 5.41) is 7.31. The predicted octanol–water partition coefficient (Wildman–Crippen LogP) is 4.80. The third kappa shape index (κ3) is 7.66. The van der Waals surface area contributed by atoms with Crippen LogP contribution >= 0.6 is 11.6 Å². The summed E-state index contributed by atoms with van der Waals surface area (Å²) < 4.78 is 11.2. The van der Waals surface area contributed by atoms with Gasteiger partial charge in [0, 0.05) is 29.1 Å². The predicted molar refractivity (Wildman–Crippen MR) is 129 cm³/mol. The molecule has 0 bridgehead atoms. The second kappa shape index (κ2) is 12.3. The van der Waals surface area contributed by atoms with Gasteiger partial charge >= 0.3 is 0 Å². The van der Waals surface area contributed by atoms with Crippen molar-refractivity contribution >= 4 is 35.3 Å². The number of anilines is 1. The van der Waals surface area contributed by atoms with Crippen LogP contribution in [0.25, 0.3) is 0 Å². The van der Waals surface area contributed by atoms with Gasteiger partial charge < -0.3 is 14.8 Å². The minimum Gasteiger partial charge on any atom is -0.493 e. The summed E-state index contributed by atoms with van der Waals surface area (Å²) in [7, 11) is 1.54. The molecule has 0 spiro atoms. The van der Waals surface area contributed by atoms with Crippen molar-refractivity contribution in [1.82, 2.24) is 5.43 Å². The van der Waals surface area contributed by atoms with E-state index >= 15 is 0 Å². The lowest BCUT2D eigenvalue weighted by molar-refractivity contribution is -0.124. The van der Waals surface area contributed by atoms with E-state index < -0.39 is 0 Å². The van der Waals surface area contributed by atoms with Crippen molar-refractivity contribution in [3.8, 4) is 11.5 Å². The molecule has 3 aromatic carbocycles. The zero-order valence-electron chi connectivity index (χ0n) is 18.1. The number of benzene rings is 3. The van der Waals surface area contributed by atoms with Crippen LogP contribution in [-0.4, -0.2) is 25.1 Å². The normalized spacial score (nSPS) is 10.6. The molecule has 8 heteroatoms. The van der Waals surface area contributed by atoms with Gasteiger partial charge in [-0.1, -0.05) is 48.0 Å². The molecule has 0 aliphatic rings. The van der Waals surface area contributed by atoms with Gasteiger partial charge in [-0.05, 0) is 42.0 Å². The third-order valence-corrected chi connectivity index (χ3v) is 4.94. The summed E-state index contributed by atoms with van der Waals surface area (Å²) in [6, 6.07) is 21.8. The number of halogens is 1. The van der Waals surface area contributed by atoms with E-state index in [9.17, 15) is 9.59 Å². The smallest absolute Gasteiger partial charge is 0.240 e. The Morgan fingerprint density at radius 3 is 2.42 bits per heavy atom. The number of carbonyl (C=O) groups excluding carboxylic acids is 2. The fourth-order valence-electron chi connectivity index (χ4n) is 2.86. The first-order chi connectivity index (χ1) is 16.0. The van der Waals surface area contributed by atoms with E-state index in [1.807, 2.05) is 36.4 Å². The maximum absolute atomic E-state index is 12.0. The Labute approximate surface area is 197 Å². The van der Waals surface area contributed by atoms with E-state index in [1.54, 1.807) is 43.5 Å². The van der Waals surface area contributed by atoms with E-state index in [0.717, 1.165) is 5.56 Å². The van der Waals surface area contributed by atoms with Gasteiger partial charge in [-0.25, -0.2) is 5.43 Å². The zero-order valence-corrected chi connectivity index (χ0v) is 18.8. The van der Waals surface area contributed by atoms with Crippen molar-refractivity contribution in [1.29, 1.82) is 0 Å². The van der Waals surface area contributed by atoms with Gasteiger partial charge in [0.2, 0.25) is 11.8 Å². The van der Waals surface area contributed by atoms with Crippen molar-refractivity contribution in [2.75, 3.05) is 12.4 Å². The number of amides is 2. The number of ether oxygens (including phenoxy) is 2. The van der Waals surface area contributed by atoms with Crippen LogP contribution in [0.15, 0.2) is 77.9 Å². The van der Waals surface area contributed by atoms with Crippen molar-refractivity contribution < 1.29 is 19.1 Å². The van der Waals surface area contributed by atoms with Gasteiger partial charge in [-0.15, -0.1) is 0 Å². The fraction of sp³-hybridized carbons (Fsp3) is 0.160. The molecule has 0 saturated heterocycles. The largest absolute Gasteiger partial charge is 0.493 e. The lowest BCUT2D eigenvalue weighted by Crippen LogP contribution is -2.20.